The molecule has 0 saturated heterocycles. The van der Waals surface area contributed by atoms with Crippen LogP contribution in [0.25, 0.3) is 0 Å². The highest BCUT2D eigenvalue weighted by atomic mass is 35.5. The summed E-state index contributed by atoms with van der Waals surface area (Å²) in [6, 6.07) is 7.47. The lowest BCUT2D eigenvalue weighted by atomic mass is 10.3. The number of nitrogens with one attached hydrogen (secondary N) is 1. The van der Waals surface area contributed by atoms with E-state index in [1.807, 2.05) is 24.3 Å². The Bertz CT molecular complexity index is 534. The fourth-order valence-electron chi connectivity index (χ4n) is 1.32. The topological polar surface area (TPSA) is 47.0 Å². The largest absolute Gasteiger partial charge is 0.495 e. The molecule has 0 aliphatic carbocycles. The Morgan fingerprint density at radius 3 is 2.65 bits per heavy atom. The van der Waals surface area contributed by atoms with Gasteiger partial charge in [-0.25, -0.2) is 9.97 Å². The number of rotatable bonds is 3. The Kier molecular flexibility index (Phi) is 3.66. The van der Waals surface area contributed by atoms with Gasteiger partial charge >= 0.3 is 0 Å². The van der Waals surface area contributed by atoms with Crippen molar-refractivity contribution in [3.05, 3.63) is 40.9 Å². The van der Waals surface area contributed by atoms with E-state index in [9.17, 15) is 0 Å². The molecule has 0 fully saturated rings. The molecule has 0 amide bonds. The summed E-state index contributed by atoms with van der Waals surface area (Å²) in [7, 11) is 1.60. The monoisotopic (exact) mass is 269 g/mol. The Morgan fingerprint density at radius 1 is 1.18 bits per heavy atom. The van der Waals surface area contributed by atoms with Gasteiger partial charge in [0.25, 0.3) is 0 Å². The van der Waals surface area contributed by atoms with Crippen LogP contribution in [0.15, 0.2) is 30.5 Å². The van der Waals surface area contributed by atoms with E-state index < -0.39 is 0 Å². The van der Waals surface area contributed by atoms with Gasteiger partial charge < -0.3 is 10.1 Å². The minimum Gasteiger partial charge on any atom is -0.495 e. The van der Waals surface area contributed by atoms with Crippen molar-refractivity contribution in [1.29, 1.82) is 0 Å². The highest BCUT2D eigenvalue weighted by Gasteiger charge is 2.07. The number of benzene rings is 1. The molecule has 1 aromatic carbocycles. The Balaban J connectivity index is 2.31. The van der Waals surface area contributed by atoms with Crippen LogP contribution in [0.5, 0.6) is 5.75 Å². The van der Waals surface area contributed by atoms with Crippen molar-refractivity contribution in [3.8, 4) is 5.75 Å². The maximum absolute atomic E-state index is 5.94. The minimum absolute atomic E-state index is 0.112. The number of ether oxygens (including phenoxy) is 1. The zero-order chi connectivity index (χ0) is 12.3. The number of methoxy groups -OCH3 is 1. The summed E-state index contributed by atoms with van der Waals surface area (Å²) in [4.78, 5) is 7.70. The van der Waals surface area contributed by atoms with Crippen molar-refractivity contribution in [2.75, 3.05) is 12.4 Å². The van der Waals surface area contributed by atoms with Crippen molar-refractivity contribution in [3.63, 3.8) is 0 Å². The first kappa shape index (κ1) is 12.0. The zero-order valence-corrected chi connectivity index (χ0v) is 10.5. The van der Waals surface area contributed by atoms with E-state index >= 15 is 0 Å². The normalized spacial score (nSPS) is 10.1. The third kappa shape index (κ3) is 2.78. The lowest BCUT2D eigenvalue weighted by molar-refractivity contribution is 0.417. The molecule has 0 saturated carbocycles. The molecule has 0 atom stereocenters. The molecule has 0 unspecified atom stereocenters. The average Bonchev–Trinajstić information content (AvgIpc) is 2.33. The molecule has 6 heteroatoms. The fourth-order valence-corrected chi connectivity index (χ4v) is 1.67. The van der Waals surface area contributed by atoms with Crippen LogP contribution in [0.1, 0.15) is 0 Å². The molecule has 0 bridgehead atoms. The van der Waals surface area contributed by atoms with Crippen LogP contribution in [0.3, 0.4) is 0 Å². The van der Waals surface area contributed by atoms with Gasteiger partial charge in [-0.15, -0.1) is 0 Å². The number of halogens is 2. The number of para-hydroxylation sites is 2. The van der Waals surface area contributed by atoms with E-state index in [0.717, 1.165) is 5.69 Å². The molecule has 1 aromatic heterocycles. The van der Waals surface area contributed by atoms with Gasteiger partial charge in [0.1, 0.15) is 5.75 Å². The van der Waals surface area contributed by atoms with E-state index in [0.29, 0.717) is 11.4 Å². The number of anilines is 2. The molecule has 0 radical (unpaired) electrons. The number of nitrogens with zero attached hydrogens (tertiary/aromatic N) is 2. The molecule has 88 valence electrons. The van der Waals surface area contributed by atoms with Crippen LogP contribution in [-0.4, -0.2) is 17.1 Å². The molecule has 1 heterocycles. The molecular formula is C11H9Cl2N3O. The maximum atomic E-state index is 5.94. The highest BCUT2D eigenvalue weighted by molar-refractivity contribution is 6.33. The molecule has 4 nitrogen and oxygen atoms in total. The molecule has 0 aliphatic heterocycles. The second kappa shape index (κ2) is 5.21. The van der Waals surface area contributed by atoms with Crippen LogP contribution >= 0.6 is 23.2 Å². The smallest absolute Gasteiger partial charge is 0.223 e. The van der Waals surface area contributed by atoms with Gasteiger partial charge in [-0.05, 0) is 23.7 Å². The summed E-state index contributed by atoms with van der Waals surface area (Å²) in [6.45, 7) is 0. The van der Waals surface area contributed by atoms with Gasteiger partial charge in [-0.3, -0.25) is 0 Å². The highest BCUT2D eigenvalue weighted by Crippen LogP contribution is 2.29. The summed E-state index contributed by atoms with van der Waals surface area (Å²) in [5.41, 5.74) is 1.35. The molecular weight excluding hydrogens is 261 g/mol. The third-order valence-corrected chi connectivity index (χ3v) is 2.56. The molecule has 2 aromatic rings. The summed E-state index contributed by atoms with van der Waals surface area (Å²) in [5, 5.41) is 3.45. The van der Waals surface area contributed by atoms with Gasteiger partial charge in [-0.2, -0.15) is 0 Å². The number of aromatic nitrogens is 2. The van der Waals surface area contributed by atoms with E-state index in [1.54, 1.807) is 7.11 Å². The maximum Gasteiger partial charge on any atom is 0.223 e. The average molecular weight is 270 g/mol. The molecule has 0 aliphatic rings. The molecule has 0 spiro atoms. The van der Waals surface area contributed by atoms with Crippen molar-refractivity contribution >= 4 is 34.6 Å². The Morgan fingerprint density at radius 2 is 1.94 bits per heavy atom. The fraction of sp³-hybridized carbons (Fsp3) is 0.0909. The molecule has 2 rings (SSSR count). The van der Waals surface area contributed by atoms with Crippen LogP contribution < -0.4 is 10.1 Å². The first-order valence-corrected chi connectivity index (χ1v) is 5.54. The van der Waals surface area contributed by atoms with Crippen LogP contribution in [-0.2, 0) is 0 Å². The van der Waals surface area contributed by atoms with Crippen molar-refractivity contribution in [1.82, 2.24) is 9.97 Å². The van der Waals surface area contributed by atoms with Crippen molar-refractivity contribution < 1.29 is 4.74 Å². The SMILES string of the molecule is COc1ccccc1Nc1cnc(Cl)nc1Cl. The predicted octanol–water partition coefficient (Wildman–Crippen LogP) is 3.54. The quantitative estimate of drug-likeness (QED) is 0.684. The third-order valence-electron chi connectivity index (χ3n) is 2.09. The summed E-state index contributed by atoms with van der Waals surface area (Å²) < 4.78 is 5.21. The lowest BCUT2D eigenvalue weighted by Gasteiger charge is -2.11. The first-order chi connectivity index (χ1) is 8.20. The second-order valence-electron chi connectivity index (χ2n) is 3.17. The standard InChI is InChI=1S/C11H9Cl2N3O/c1-17-9-5-3-2-4-7(9)15-8-6-14-11(13)16-10(8)12/h2-6,15H,1H3. The van der Waals surface area contributed by atoms with E-state index in [-0.39, 0.29) is 10.4 Å². The van der Waals surface area contributed by atoms with Gasteiger partial charge in [0.2, 0.25) is 5.28 Å². The minimum atomic E-state index is 0.112. The van der Waals surface area contributed by atoms with Gasteiger partial charge in [0.15, 0.2) is 5.15 Å². The van der Waals surface area contributed by atoms with Crippen LogP contribution in [0.4, 0.5) is 11.4 Å². The molecule has 17 heavy (non-hydrogen) atoms. The van der Waals surface area contributed by atoms with Crippen molar-refractivity contribution in [2.24, 2.45) is 0 Å². The van der Waals surface area contributed by atoms with Gasteiger partial charge in [0, 0.05) is 0 Å². The van der Waals surface area contributed by atoms with Gasteiger partial charge in [0.05, 0.1) is 24.7 Å². The summed E-state index contributed by atoms with van der Waals surface area (Å²) in [6.07, 6.45) is 1.52. The van der Waals surface area contributed by atoms with E-state index in [1.165, 1.54) is 6.20 Å². The number of hydrogen-bond donors (Lipinski definition) is 1. The van der Waals surface area contributed by atoms with E-state index in [4.69, 9.17) is 27.9 Å². The van der Waals surface area contributed by atoms with Gasteiger partial charge in [-0.1, -0.05) is 23.7 Å². The van der Waals surface area contributed by atoms with Crippen LogP contribution in [0.2, 0.25) is 10.4 Å². The summed E-state index contributed by atoms with van der Waals surface area (Å²) >= 11 is 11.6. The predicted molar refractivity (Wildman–Crippen MR) is 68.3 cm³/mol. The second-order valence-corrected chi connectivity index (χ2v) is 3.86. The zero-order valence-electron chi connectivity index (χ0n) is 8.95. The Hall–Kier alpha value is -1.52. The van der Waals surface area contributed by atoms with E-state index in [2.05, 4.69) is 15.3 Å². The van der Waals surface area contributed by atoms with Crippen LogP contribution in [0, 0.1) is 0 Å². The van der Waals surface area contributed by atoms with Crippen molar-refractivity contribution in [2.45, 2.75) is 0 Å². The summed E-state index contributed by atoms with van der Waals surface area (Å²) in [5.74, 6) is 0.707. The Labute approximate surface area is 109 Å². The lowest BCUT2D eigenvalue weighted by Crippen LogP contribution is -1.97. The first-order valence-electron chi connectivity index (χ1n) is 4.79. The molecule has 1 N–H and O–H groups in total. The number of hydrogen-bond acceptors (Lipinski definition) is 4.